The van der Waals surface area contributed by atoms with Crippen LogP contribution < -0.4 is 16.0 Å². The fraction of sp³-hybridized carbons (Fsp3) is 0.0556. The van der Waals surface area contributed by atoms with Crippen LogP contribution in [-0.2, 0) is 0 Å². The van der Waals surface area contributed by atoms with Gasteiger partial charge in [0, 0.05) is 17.3 Å². The molecular formula is C18H11F4N3O3. The van der Waals surface area contributed by atoms with E-state index in [0.717, 1.165) is 24.4 Å². The first-order valence-electron chi connectivity index (χ1n) is 7.70. The molecule has 0 fully saturated rings. The zero-order valence-electron chi connectivity index (χ0n) is 13.9. The van der Waals surface area contributed by atoms with Gasteiger partial charge in [-0.25, -0.2) is 9.37 Å². The van der Waals surface area contributed by atoms with Crippen molar-refractivity contribution >= 4 is 5.91 Å². The van der Waals surface area contributed by atoms with Crippen LogP contribution in [0.15, 0.2) is 53.5 Å². The molecule has 0 saturated heterocycles. The second-order valence-corrected chi connectivity index (χ2v) is 5.60. The number of ether oxygens (including phenoxy) is 1. The second-order valence-electron chi connectivity index (χ2n) is 5.60. The Morgan fingerprint density at radius 3 is 2.50 bits per heavy atom. The van der Waals surface area contributed by atoms with E-state index in [1.807, 2.05) is 0 Å². The molecule has 1 aromatic heterocycles. The molecule has 6 nitrogen and oxygen atoms in total. The van der Waals surface area contributed by atoms with Crippen molar-refractivity contribution in [2.24, 2.45) is 5.73 Å². The molecule has 0 bridgehead atoms. The number of carbonyl (C=O) groups is 1. The Hall–Kier alpha value is -3.69. The van der Waals surface area contributed by atoms with Crippen molar-refractivity contribution in [1.82, 2.24) is 9.97 Å². The Labute approximate surface area is 154 Å². The van der Waals surface area contributed by atoms with Crippen molar-refractivity contribution < 1.29 is 27.1 Å². The van der Waals surface area contributed by atoms with E-state index in [0.29, 0.717) is 0 Å². The molecule has 144 valence electrons. The van der Waals surface area contributed by atoms with Gasteiger partial charge in [-0.1, -0.05) is 18.2 Å². The molecule has 0 radical (unpaired) electrons. The van der Waals surface area contributed by atoms with Gasteiger partial charge in [0.2, 0.25) is 0 Å². The molecule has 0 aliphatic carbocycles. The van der Waals surface area contributed by atoms with Crippen molar-refractivity contribution in [2.75, 3.05) is 0 Å². The summed E-state index contributed by atoms with van der Waals surface area (Å²) in [4.78, 5) is 29.5. The van der Waals surface area contributed by atoms with Crippen molar-refractivity contribution in [2.45, 2.75) is 6.36 Å². The summed E-state index contributed by atoms with van der Waals surface area (Å²) in [6.45, 7) is 0. The predicted octanol–water partition coefficient (Wildman–Crippen LogP) is 3.24. The molecular weight excluding hydrogens is 382 g/mol. The minimum Gasteiger partial charge on any atom is -0.405 e. The first kappa shape index (κ1) is 19.1. The third-order valence-corrected chi connectivity index (χ3v) is 3.65. The molecule has 0 spiro atoms. The van der Waals surface area contributed by atoms with Gasteiger partial charge in [-0.2, -0.15) is 0 Å². The normalized spacial score (nSPS) is 11.3. The minimum absolute atomic E-state index is 0.141. The topological polar surface area (TPSA) is 98.1 Å². The summed E-state index contributed by atoms with van der Waals surface area (Å²) in [5.41, 5.74) is 4.26. The second kappa shape index (κ2) is 7.14. The maximum Gasteiger partial charge on any atom is 0.573 e. The standard InChI is InChI=1S/C18H11F4N3O3/c19-11-4-5-14(28-18(20,21)22)12(7-11)9-2-1-3-10(6-9)15-17(27)24-8-13(25-15)16(23)26/h1-8H,(H2,23,26)(H,24,27). The monoisotopic (exact) mass is 393 g/mol. The molecule has 3 rings (SSSR count). The van der Waals surface area contributed by atoms with Gasteiger partial charge in [0.1, 0.15) is 23.0 Å². The number of carbonyl (C=O) groups excluding carboxylic acids is 1. The van der Waals surface area contributed by atoms with Gasteiger partial charge in [0.25, 0.3) is 11.5 Å². The number of H-pyrrole nitrogens is 1. The highest BCUT2D eigenvalue weighted by molar-refractivity contribution is 5.91. The van der Waals surface area contributed by atoms with Crippen LogP contribution >= 0.6 is 0 Å². The average molecular weight is 393 g/mol. The molecule has 1 amide bonds. The molecule has 0 saturated carbocycles. The number of benzene rings is 2. The number of halogens is 4. The first-order valence-corrected chi connectivity index (χ1v) is 7.70. The van der Waals surface area contributed by atoms with E-state index >= 15 is 0 Å². The van der Waals surface area contributed by atoms with Gasteiger partial charge in [-0.15, -0.1) is 13.2 Å². The third kappa shape index (κ3) is 4.17. The number of primary amides is 1. The number of hydrogen-bond donors (Lipinski definition) is 2. The van der Waals surface area contributed by atoms with Crippen LogP contribution in [0.2, 0.25) is 0 Å². The lowest BCUT2D eigenvalue weighted by Crippen LogP contribution is -2.19. The number of rotatable bonds is 4. The van der Waals surface area contributed by atoms with Gasteiger partial charge >= 0.3 is 6.36 Å². The smallest absolute Gasteiger partial charge is 0.405 e. The maximum absolute atomic E-state index is 13.6. The molecule has 10 heteroatoms. The Morgan fingerprint density at radius 1 is 1.11 bits per heavy atom. The highest BCUT2D eigenvalue weighted by Crippen LogP contribution is 2.35. The summed E-state index contributed by atoms with van der Waals surface area (Å²) in [6.07, 6.45) is -3.93. The quantitative estimate of drug-likeness (QED) is 0.665. The Balaban J connectivity index is 2.13. The first-order chi connectivity index (χ1) is 13.1. The third-order valence-electron chi connectivity index (χ3n) is 3.65. The summed E-state index contributed by atoms with van der Waals surface area (Å²) in [5.74, 6) is -2.26. The van der Waals surface area contributed by atoms with Gasteiger partial charge in [-0.05, 0) is 29.8 Å². The Bertz CT molecular complexity index is 1110. The van der Waals surface area contributed by atoms with Crippen LogP contribution in [0.1, 0.15) is 10.5 Å². The fourth-order valence-corrected chi connectivity index (χ4v) is 2.50. The number of aromatic nitrogens is 2. The molecule has 3 N–H and O–H groups in total. The van der Waals surface area contributed by atoms with Gasteiger partial charge in [0.05, 0.1) is 0 Å². The van der Waals surface area contributed by atoms with Crippen LogP contribution in [-0.4, -0.2) is 22.2 Å². The number of amides is 1. The lowest BCUT2D eigenvalue weighted by atomic mass is 10.0. The average Bonchev–Trinajstić information content (AvgIpc) is 2.62. The van der Waals surface area contributed by atoms with Crippen LogP contribution in [0, 0.1) is 5.82 Å². The number of nitrogens with two attached hydrogens (primary N) is 1. The number of nitrogens with one attached hydrogen (secondary N) is 1. The number of nitrogens with zero attached hydrogens (tertiary/aromatic N) is 1. The summed E-state index contributed by atoms with van der Waals surface area (Å²) < 4.78 is 55.5. The summed E-state index contributed by atoms with van der Waals surface area (Å²) in [7, 11) is 0. The van der Waals surface area contributed by atoms with E-state index in [1.165, 1.54) is 24.3 Å². The SMILES string of the molecule is NC(=O)c1c[nH]c(=O)c(-c2cccc(-c3cc(F)ccc3OC(F)(F)F)c2)n1. The fourth-order valence-electron chi connectivity index (χ4n) is 2.50. The van der Waals surface area contributed by atoms with Gasteiger partial charge in [0.15, 0.2) is 0 Å². The molecule has 0 aliphatic heterocycles. The van der Waals surface area contributed by atoms with E-state index in [4.69, 9.17) is 5.73 Å². The summed E-state index contributed by atoms with van der Waals surface area (Å²) >= 11 is 0. The van der Waals surface area contributed by atoms with Crippen molar-refractivity contribution in [3.63, 3.8) is 0 Å². The molecule has 1 heterocycles. The van der Waals surface area contributed by atoms with E-state index in [1.54, 1.807) is 0 Å². The Kier molecular flexibility index (Phi) is 4.87. The zero-order valence-corrected chi connectivity index (χ0v) is 13.9. The highest BCUT2D eigenvalue weighted by Gasteiger charge is 2.32. The van der Waals surface area contributed by atoms with E-state index in [2.05, 4.69) is 14.7 Å². The van der Waals surface area contributed by atoms with Crippen LogP contribution in [0.25, 0.3) is 22.4 Å². The predicted molar refractivity (Wildman–Crippen MR) is 90.9 cm³/mol. The lowest BCUT2D eigenvalue weighted by Gasteiger charge is -2.14. The number of alkyl halides is 3. The van der Waals surface area contributed by atoms with Gasteiger partial charge in [-0.3, -0.25) is 9.59 Å². The molecule has 3 aromatic rings. The maximum atomic E-state index is 13.6. The van der Waals surface area contributed by atoms with Crippen molar-refractivity contribution in [3.05, 3.63) is 70.5 Å². The molecule has 0 aliphatic rings. The molecule has 28 heavy (non-hydrogen) atoms. The molecule has 0 atom stereocenters. The summed E-state index contributed by atoms with van der Waals surface area (Å²) in [6, 6.07) is 8.17. The minimum atomic E-state index is -4.97. The highest BCUT2D eigenvalue weighted by atomic mass is 19.4. The number of aromatic amines is 1. The van der Waals surface area contributed by atoms with Crippen LogP contribution in [0.5, 0.6) is 5.75 Å². The van der Waals surface area contributed by atoms with Gasteiger partial charge < -0.3 is 15.5 Å². The van der Waals surface area contributed by atoms with E-state index in [-0.39, 0.29) is 28.1 Å². The van der Waals surface area contributed by atoms with Crippen LogP contribution in [0.4, 0.5) is 17.6 Å². The molecule has 0 unspecified atom stereocenters. The zero-order chi connectivity index (χ0) is 20.5. The Morgan fingerprint density at radius 2 is 1.82 bits per heavy atom. The number of hydrogen-bond acceptors (Lipinski definition) is 4. The van der Waals surface area contributed by atoms with Crippen molar-refractivity contribution in [1.29, 1.82) is 0 Å². The van der Waals surface area contributed by atoms with E-state index in [9.17, 15) is 27.2 Å². The van der Waals surface area contributed by atoms with E-state index < -0.39 is 29.4 Å². The van der Waals surface area contributed by atoms with Crippen molar-refractivity contribution in [3.8, 4) is 28.1 Å². The lowest BCUT2D eigenvalue weighted by molar-refractivity contribution is -0.274. The summed E-state index contributed by atoms with van der Waals surface area (Å²) in [5, 5.41) is 0. The molecule has 2 aromatic carbocycles. The largest absolute Gasteiger partial charge is 0.573 e. The van der Waals surface area contributed by atoms with Crippen LogP contribution in [0.3, 0.4) is 0 Å².